The number of hydrogen-bond donors (Lipinski definition) is 1. The number of aromatic nitrogens is 1. The Labute approximate surface area is 109 Å². The van der Waals surface area contributed by atoms with E-state index >= 15 is 0 Å². The van der Waals surface area contributed by atoms with Gasteiger partial charge in [0.1, 0.15) is 0 Å². The van der Waals surface area contributed by atoms with Gasteiger partial charge in [-0.25, -0.2) is 0 Å². The predicted octanol–water partition coefficient (Wildman–Crippen LogP) is 3.39. The molecule has 0 fully saturated rings. The summed E-state index contributed by atoms with van der Waals surface area (Å²) in [4.78, 5) is 4.20. The molecule has 0 bridgehead atoms. The van der Waals surface area contributed by atoms with E-state index in [1.54, 1.807) is 0 Å². The van der Waals surface area contributed by atoms with Gasteiger partial charge in [0.15, 0.2) is 0 Å². The van der Waals surface area contributed by atoms with E-state index in [1.165, 1.54) is 12.0 Å². The van der Waals surface area contributed by atoms with Crippen molar-refractivity contribution >= 4 is 0 Å². The Morgan fingerprint density at radius 2 is 1.83 bits per heavy atom. The van der Waals surface area contributed by atoms with Crippen LogP contribution in [-0.4, -0.2) is 4.98 Å². The van der Waals surface area contributed by atoms with Crippen molar-refractivity contribution in [3.63, 3.8) is 0 Å². The van der Waals surface area contributed by atoms with E-state index < -0.39 is 0 Å². The van der Waals surface area contributed by atoms with E-state index in [0.29, 0.717) is 0 Å². The number of benzene rings is 1. The normalized spacial score (nSPS) is 12.4. The minimum absolute atomic E-state index is 0.0672. The molecule has 0 saturated carbocycles. The Hall–Kier alpha value is -1.67. The molecule has 18 heavy (non-hydrogen) atoms. The summed E-state index contributed by atoms with van der Waals surface area (Å²) in [6.45, 7) is 4.18. The number of nitrogens with zero attached hydrogens (tertiary/aromatic N) is 1. The smallest absolute Gasteiger partial charge is 0.0552 e. The molecule has 0 radical (unpaired) electrons. The molecule has 1 atom stereocenters. The third kappa shape index (κ3) is 2.96. The molecule has 2 aromatic rings. The van der Waals surface area contributed by atoms with Gasteiger partial charge in [-0.1, -0.05) is 37.6 Å². The molecule has 1 heterocycles. The highest BCUT2D eigenvalue weighted by atomic mass is 14.7. The fourth-order valence-corrected chi connectivity index (χ4v) is 2.13. The average Bonchev–Trinajstić information content (AvgIpc) is 2.39. The maximum Gasteiger partial charge on any atom is 0.0552 e. The van der Waals surface area contributed by atoms with E-state index in [9.17, 15) is 0 Å². The molecule has 0 saturated heterocycles. The van der Waals surface area contributed by atoms with E-state index in [4.69, 9.17) is 5.73 Å². The summed E-state index contributed by atoms with van der Waals surface area (Å²) in [5.74, 6) is 0. The molecular formula is C16H20N2. The van der Waals surface area contributed by atoms with Gasteiger partial charge in [0.2, 0.25) is 0 Å². The fourth-order valence-electron chi connectivity index (χ4n) is 2.13. The van der Waals surface area contributed by atoms with Crippen LogP contribution >= 0.6 is 0 Å². The molecular weight excluding hydrogens is 220 g/mol. The van der Waals surface area contributed by atoms with Gasteiger partial charge >= 0.3 is 0 Å². The van der Waals surface area contributed by atoms with Crippen molar-refractivity contribution < 1.29 is 0 Å². The molecule has 0 aliphatic rings. The minimum Gasteiger partial charge on any atom is -0.320 e. The first-order chi connectivity index (χ1) is 8.70. The first-order valence-electron chi connectivity index (χ1n) is 6.47. The Morgan fingerprint density at radius 3 is 2.44 bits per heavy atom. The van der Waals surface area contributed by atoms with Crippen molar-refractivity contribution in [3.8, 4) is 0 Å². The zero-order valence-electron chi connectivity index (χ0n) is 11.1. The van der Waals surface area contributed by atoms with Gasteiger partial charge in [-0.2, -0.15) is 0 Å². The Kier molecular flexibility index (Phi) is 4.11. The van der Waals surface area contributed by atoms with Crippen LogP contribution in [0.2, 0.25) is 0 Å². The van der Waals surface area contributed by atoms with Crippen LogP contribution in [0.15, 0.2) is 42.6 Å². The topological polar surface area (TPSA) is 38.9 Å². The van der Waals surface area contributed by atoms with Crippen molar-refractivity contribution in [3.05, 3.63) is 65.0 Å². The van der Waals surface area contributed by atoms with Crippen molar-refractivity contribution in [1.82, 2.24) is 4.98 Å². The van der Waals surface area contributed by atoms with Gasteiger partial charge < -0.3 is 5.73 Å². The number of hydrogen-bond acceptors (Lipinski definition) is 2. The van der Waals surface area contributed by atoms with Gasteiger partial charge in [0.25, 0.3) is 0 Å². The zero-order chi connectivity index (χ0) is 13.0. The highest BCUT2D eigenvalue weighted by molar-refractivity contribution is 5.33. The number of aryl methyl sites for hydroxylation is 2. The summed E-state index contributed by atoms with van der Waals surface area (Å²) in [5.41, 5.74) is 10.9. The fraction of sp³-hybridized carbons (Fsp3) is 0.312. The van der Waals surface area contributed by atoms with E-state index in [1.807, 2.05) is 25.3 Å². The largest absolute Gasteiger partial charge is 0.320 e. The standard InChI is InChI=1S/C16H20N2/c1-3-4-13-5-7-14(8-6-13)16(17)15-9-10-18-12(2)11-15/h5-11,16H,3-4,17H2,1-2H3. The first kappa shape index (κ1) is 12.8. The van der Waals surface area contributed by atoms with Crippen molar-refractivity contribution in [2.75, 3.05) is 0 Å². The Bertz CT molecular complexity index is 503. The van der Waals surface area contributed by atoms with Crippen LogP contribution in [0.4, 0.5) is 0 Å². The highest BCUT2D eigenvalue weighted by Gasteiger charge is 2.08. The predicted molar refractivity (Wildman–Crippen MR) is 75.4 cm³/mol. The first-order valence-corrected chi connectivity index (χ1v) is 6.47. The number of nitrogens with two attached hydrogens (primary N) is 1. The summed E-state index contributed by atoms with van der Waals surface area (Å²) in [7, 11) is 0. The van der Waals surface area contributed by atoms with Crippen molar-refractivity contribution in [2.45, 2.75) is 32.7 Å². The lowest BCUT2D eigenvalue weighted by Gasteiger charge is -2.13. The second kappa shape index (κ2) is 5.78. The Balaban J connectivity index is 2.20. The van der Waals surface area contributed by atoms with Gasteiger partial charge in [0.05, 0.1) is 6.04 Å². The quantitative estimate of drug-likeness (QED) is 0.889. The summed E-state index contributed by atoms with van der Waals surface area (Å²) < 4.78 is 0. The molecule has 2 N–H and O–H groups in total. The zero-order valence-corrected chi connectivity index (χ0v) is 11.1. The maximum absolute atomic E-state index is 6.28. The van der Waals surface area contributed by atoms with Gasteiger partial charge in [0, 0.05) is 11.9 Å². The third-order valence-electron chi connectivity index (χ3n) is 3.16. The maximum atomic E-state index is 6.28. The van der Waals surface area contributed by atoms with Crippen LogP contribution in [-0.2, 0) is 6.42 Å². The summed E-state index contributed by atoms with van der Waals surface area (Å²) >= 11 is 0. The lowest BCUT2D eigenvalue weighted by molar-refractivity contribution is 0.859. The van der Waals surface area contributed by atoms with Crippen LogP contribution < -0.4 is 5.73 Å². The van der Waals surface area contributed by atoms with Crippen LogP contribution in [0.1, 0.15) is 41.8 Å². The minimum atomic E-state index is -0.0672. The summed E-state index contributed by atoms with van der Waals surface area (Å²) in [6, 6.07) is 12.6. The van der Waals surface area contributed by atoms with Crippen molar-refractivity contribution in [1.29, 1.82) is 0 Å². The molecule has 0 amide bonds. The van der Waals surface area contributed by atoms with E-state index in [2.05, 4.69) is 36.2 Å². The van der Waals surface area contributed by atoms with Gasteiger partial charge in [-0.3, -0.25) is 4.98 Å². The van der Waals surface area contributed by atoms with Crippen LogP contribution in [0.25, 0.3) is 0 Å². The van der Waals surface area contributed by atoms with Gasteiger partial charge in [-0.15, -0.1) is 0 Å². The second-order valence-electron chi connectivity index (χ2n) is 4.70. The van der Waals surface area contributed by atoms with E-state index in [-0.39, 0.29) is 6.04 Å². The van der Waals surface area contributed by atoms with Crippen molar-refractivity contribution in [2.24, 2.45) is 5.73 Å². The molecule has 1 aromatic heterocycles. The average molecular weight is 240 g/mol. The lowest BCUT2D eigenvalue weighted by atomic mass is 9.98. The molecule has 0 aliphatic carbocycles. The second-order valence-corrected chi connectivity index (χ2v) is 4.70. The van der Waals surface area contributed by atoms with Crippen LogP contribution in [0.3, 0.4) is 0 Å². The molecule has 0 aliphatic heterocycles. The molecule has 2 rings (SSSR count). The lowest BCUT2D eigenvalue weighted by Crippen LogP contribution is -2.12. The van der Waals surface area contributed by atoms with Crippen LogP contribution in [0, 0.1) is 6.92 Å². The van der Waals surface area contributed by atoms with Gasteiger partial charge in [-0.05, 0) is 42.2 Å². The molecule has 2 heteroatoms. The monoisotopic (exact) mass is 240 g/mol. The molecule has 1 unspecified atom stereocenters. The highest BCUT2D eigenvalue weighted by Crippen LogP contribution is 2.20. The third-order valence-corrected chi connectivity index (χ3v) is 3.16. The number of rotatable bonds is 4. The van der Waals surface area contributed by atoms with Crippen LogP contribution in [0.5, 0.6) is 0 Å². The Morgan fingerprint density at radius 1 is 1.11 bits per heavy atom. The molecule has 0 spiro atoms. The molecule has 94 valence electrons. The van der Waals surface area contributed by atoms with E-state index in [0.717, 1.165) is 23.2 Å². The number of pyridine rings is 1. The molecule has 1 aromatic carbocycles. The SMILES string of the molecule is CCCc1ccc(C(N)c2ccnc(C)c2)cc1. The summed E-state index contributed by atoms with van der Waals surface area (Å²) in [5, 5.41) is 0. The molecule has 2 nitrogen and oxygen atoms in total. The summed E-state index contributed by atoms with van der Waals surface area (Å²) in [6.07, 6.45) is 4.12.